The standard InChI is InChI=1S/C25H20/c1-19-8-7-11-23(18-19)25-13-6-5-12-24(25)22-16-14-21(15-17-22)20-9-3-2-4-10-20/h2-18H,1H3. The first-order valence-corrected chi connectivity index (χ1v) is 8.63. The fourth-order valence-electron chi connectivity index (χ4n) is 3.27. The van der Waals surface area contributed by atoms with Crippen LogP contribution in [0, 0.1) is 6.92 Å². The first-order valence-electron chi connectivity index (χ1n) is 8.63. The lowest BCUT2D eigenvalue weighted by Gasteiger charge is -2.11. The molecule has 0 aliphatic rings. The van der Waals surface area contributed by atoms with E-state index in [9.17, 15) is 0 Å². The maximum absolute atomic E-state index is 2.25. The molecule has 0 amide bonds. The summed E-state index contributed by atoms with van der Waals surface area (Å²) in [6.07, 6.45) is 0. The molecule has 0 heterocycles. The van der Waals surface area contributed by atoms with Crippen molar-refractivity contribution in [1.29, 1.82) is 0 Å². The third kappa shape index (κ3) is 3.25. The van der Waals surface area contributed by atoms with Crippen molar-refractivity contribution in [3.8, 4) is 33.4 Å². The third-order valence-corrected chi connectivity index (χ3v) is 4.56. The van der Waals surface area contributed by atoms with Crippen LogP contribution in [0.15, 0.2) is 103 Å². The highest BCUT2D eigenvalue weighted by Crippen LogP contribution is 2.33. The Morgan fingerprint density at radius 1 is 0.400 bits per heavy atom. The Kier molecular flexibility index (Phi) is 4.18. The highest BCUT2D eigenvalue weighted by molar-refractivity contribution is 5.84. The second-order valence-corrected chi connectivity index (χ2v) is 6.36. The Morgan fingerprint density at radius 3 is 1.60 bits per heavy atom. The molecular formula is C25H20. The molecule has 0 aromatic heterocycles. The van der Waals surface area contributed by atoms with Crippen LogP contribution in [-0.2, 0) is 0 Å². The van der Waals surface area contributed by atoms with Crippen LogP contribution < -0.4 is 0 Å². The first-order chi connectivity index (χ1) is 12.3. The molecule has 0 bridgehead atoms. The highest BCUT2D eigenvalue weighted by atomic mass is 14.1. The quantitative estimate of drug-likeness (QED) is 0.381. The van der Waals surface area contributed by atoms with Gasteiger partial charge in [-0.05, 0) is 40.3 Å². The molecule has 0 atom stereocenters. The minimum absolute atomic E-state index is 1.25. The second-order valence-electron chi connectivity index (χ2n) is 6.36. The topological polar surface area (TPSA) is 0 Å². The van der Waals surface area contributed by atoms with E-state index < -0.39 is 0 Å². The van der Waals surface area contributed by atoms with E-state index in [1.165, 1.54) is 38.9 Å². The Hall–Kier alpha value is -3.12. The largest absolute Gasteiger partial charge is 0.0622 e. The minimum atomic E-state index is 1.25. The van der Waals surface area contributed by atoms with Gasteiger partial charge in [0.2, 0.25) is 0 Å². The van der Waals surface area contributed by atoms with E-state index in [0.29, 0.717) is 0 Å². The fraction of sp³-hybridized carbons (Fsp3) is 0.0400. The van der Waals surface area contributed by atoms with Crippen LogP contribution in [0.3, 0.4) is 0 Å². The lowest BCUT2D eigenvalue weighted by atomic mass is 9.93. The van der Waals surface area contributed by atoms with E-state index in [1.54, 1.807) is 0 Å². The molecule has 0 N–H and O–H groups in total. The Labute approximate surface area is 149 Å². The Balaban J connectivity index is 1.76. The summed E-state index contributed by atoms with van der Waals surface area (Å²) < 4.78 is 0. The maximum atomic E-state index is 2.25. The number of aryl methyl sites for hydroxylation is 1. The summed E-state index contributed by atoms with van der Waals surface area (Å²) in [5, 5.41) is 0. The van der Waals surface area contributed by atoms with Gasteiger partial charge in [0.1, 0.15) is 0 Å². The first kappa shape index (κ1) is 15.4. The van der Waals surface area contributed by atoms with Crippen molar-refractivity contribution in [2.24, 2.45) is 0 Å². The van der Waals surface area contributed by atoms with Crippen molar-refractivity contribution in [1.82, 2.24) is 0 Å². The van der Waals surface area contributed by atoms with Crippen molar-refractivity contribution in [2.45, 2.75) is 6.92 Å². The summed E-state index contributed by atoms with van der Waals surface area (Å²) in [4.78, 5) is 0. The van der Waals surface area contributed by atoms with Gasteiger partial charge in [-0.15, -0.1) is 0 Å². The van der Waals surface area contributed by atoms with Gasteiger partial charge >= 0.3 is 0 Å². The van der Waals surface area contributed by atoms with Crippen molar-refractivity contribution < 1.29 is 0 Å². The number of rotatable bonds is 3. The minimum Gasteiger partial charge on any atom is -0.0622 e. The normalized spacial score (nSPS) is 10.6. The van der Waals surface area contributed by atoms with Gasteiger partial charge in [0.25, 0.3) is 0 Å². The van der Waals surface area contributed by atoms with Gasteiger partial charge in [0, 0.05) is 0 Å². The second kappa shape index (κ2) is 6.78. The zero-order valence-electron chi connectivity index (χ0n) is 14.3. The van der Waals surface area contributed by atoms with Gasteiger partial charge in [-0.1, -0.05) is 109 Å². The van der Waals surface area contributed by atoms with E-state index >= 15 is 0 Å². The molecule has 0 spiro atoms. The van der Waals surface area contributed by atoms with Crippen LogP contribution >= 0.6 is 0 Å². The van der Waals surface area contributed by atoms with E-state index in [2.05, 4.69) is 110 Å². The summed E-state index contributed by atoms with van der Waals surface area (Å²) in [5.74, 6) is 0. The molecule has 4 aromatic carbocycles. The summed E-state index contributed by atoms with van der Waals surface area (Å²) >= 11 is 0. The van der Waals surface area contributed by atoms with Crippen molar-refractivity contribution in [3.05, 3.63) is 109 Å². The van der Waals surface area contributed by atoms with Gasteiger partial charge in [-0.25, -0.2) is 0 Å². The number of hydrogen-bond acceptors (Lipinski definition) is 0. The van der Waals surface area contributed by atoms with Gasteiger partial charge in [-0.2, -0.15) is 0 Å². The van der Waals surface area contributed by atoms with Crippen LogP contribution in [-0.4, -0.2) is 0 Å². The van der Waals surface area contributed by atoms with Crippen LogP contribution in [0.1, 0.15) is 5.56 Å². The number of hydrogen-bond donors (Lipinski definition) is 0. The predicted octanol–water partition coefficient (Wildman–Crippen LogP) is 7.00. The summed E-state index contributed by atoms with van der Waals surface area (Å²) in [5.41, 5.74) is 8.84. The van der Waals surface area contributed by atoms with Gasteiger partial charge in [0.05, 0.1) is 0 Å². The summed E-state index contributed by atoms with van der Waals surface area (Å²) in [6.45, 7) is 2.14. The van der Waals surface area contributed by atoms with Crippen LogP contribution in [0.25, 0.3) is 33.4 Å². The molecule has 0 saturated heterocycles. The van der Waals surface area contributed by atoms with Crippen LogP contribution in [0.4, 0.5) is 0 Å². The maximum Gasteiger partial charge on any atom is -0.0105 e. The van der Waals surface area contributed by atoms with Gasteiger partial charge < -0.3 is 0 Å². The molecule has 0 heteroatoms. The molecule has 0 nitrogen and oxygen atoms in total. The van der Waals surface area contributed by atoms with E-state index in [0.717, 1.165) is 0 Å². The summed E-state index contributed by atoms with van der Waals surface area (Å²) in [6, 6.07) is 36.7. The zero-order chi connectivity index (χ0) is 17.1. The lowest BCUT2D eigenvalue weighted by molar-refractivity contribution is 1.46. The number of benzene rings is 4. The van der Waals surface area contributed by atoms with Crippen molar-refractivity contribution in [3.63, 3.8) is 0 Å². The predicted molar refractivity (Wildman–Crippen MR) is 107 cm³/mol. The molecule has 0 saturated carbocycles. The average Bonchev–Trinajstić information content (AvgIpc) is 2.69. The molecule has 0 unspecified atom stereocenters. The molecule has 120 valence electrons. The van der Waals surface area contributed by atoms with E-state index in [4.69, 9.17) is 0 Å². The molecule has 0 aliphatic heterocycles. The lowest BCUT2D eigenvalue weighted by Crippen LogP contribution is -1.86. The van der Waals surface area contributed by atoms with Gasteiger partial charge in [0.15, 0.2) is 0 Å². The fourth-order valence-corrected chi connectivity index (χ4v) is 3.27. The van der Waals surface area contributed by atoms with E-state index in [-0.39, 0.29) is 0 Å². The summed E-state index contributed by atoms with van der Waals surface area (Å²) in [7, 11) is 0. The Bertz CT molecular complexity index is 980. The molecule has 0 radical (unpaired) electrons. The Morgan fingerprint density at radius 2 is 0.920 bits per heavy atom. The molecule has 25 heavy (non-hydrogen) atoms. The van der Waals surface area contributed by atoms with Crippen molar-refractivity contribution >= 4 is 0 Å². The molecule has 0 fully saturated rings. The van der Waals surface area contributed by atoms with E-state index in [1.807, 2.05) is 0 Å². The molecule has 4 aromatic rings. The average molecular weight is 320 g/mol. The van der Waals surface area contributed by atoms with Gasteiger partial charge in [-0.3, -0.25) is 0 Å². The SMILES string of the molecule is Cc1cccc(-c2ccccc2-c2ccc(-c3ccccc3)cc2)c1. The zero-order valence-corrected chi connectivity index (χ0v) is 14.3. The van der Waals surface area contributed by atoms with Crippen LogP contribution in [0.5, 0.6) is 0 Å². The van der Waals surface area contributed by atoms with Crippen molar-refractivity contribution in [2.75, 3.05) is 0 Å². The van der Waals surface area contributed by atoms with Crippen LogP contribution in [0.2, 0.25) is 0 Å². The third-order valence-electron chi connectivity index (χ3n) is 4.56. The smallest absolute Gasteiger partial charge is 0.0105 e. The molecule has 0 aliphatic carbocycles. The monoisotopic (exact) mass is 320 g/mol. The molecule has 4 rings (SSSR count). The molecular weight excluding hydrogens is 300 g/mol. The highest BCUT2D eigenvalue weighted by Gasteiger charge is 2.07.